The molecule has 1 aromatic rings. The molecule has 2 rings (SSSR count). The van der Waals surface area contributed by atoms with Crippen molar-refractivity contribution in [2.75, 3.05) is 0 Å². The van der Waals surface area contributed by atoms with Crippen molar-refractivity contribution in [1.82, 2.24) is 4.72 Å². The minimum Gasteiger partial charge on any atom is -0.481 e. The molecule has 1 fully saturated rings. The molecule has 0 bridgehead atoms. The van der Waals surface area contributed by atoms with Crippen molar-refractivity contribution in [3.05, 3.63) is 29.8 Å². The molecular weight excluding hydrogens is 316 g/mol. The number of nitrogens with one attached hydrogen (secondary N) is 1. The van der Waals surface area contributed by atoms with E-state index < -0.39 is 21.9 Å². The lowest BCUT2D eigenvalue weighted by molar-refractivity contribution is -0.138. The molecule has 5 nitrogen and oxygen atoms in total. The van der Waals surface area contributed by atoms with Crippen LogP contribution in [-0.4, -0.2) is 25.5 Å². The number of hydrogen-bond donors (Lipinski definition) is 2. The van der Waals surface area contributed by atoms with E-state index in [1.54, 1.807) is 0 Å². The van der Waals surface area contributed by atoms with Crippen LogP contribution < -0.4 is 4.72 Å². The van der Waals surface area contributed by atoms with Crippen LogP contribution in [0.5, 0.6) is 0 Å². The Morgan fingerprint density at radius 3 is 2.32 bits per heavy atom. The van der Waals surface area contributed by atoms with Gasteiger partial charge in [0.2, 0.25) is 10.0 Å². The highest BCUT2D eigenvalue weighted by molar-refractivity contribution is 7.89. The van der Waals surface area contributed by atoms with E-state index in [4.69, 9.17) is 5.11 Å². The van der Waals surface area contributed by atoms with Gasteiger partial charge in [-0.15, -0.1) is 0 Å². The summed E-state index contributed by atoms with van der Waals surface area (Å²) >= 11 is 0. The summed E-state index contributed by atoms with van der Waals surface area (Å²) in [5.41, 5.74) is -0.253. The first-order valence-corrected chi connectivity index (χ1v) is 8.29. The molecule has 22 heavy (non-hydrogen) atoms. The largest absolute Gasteiger partial charge is 0.481 e. The van der Waals surface area contributed by atoms with Gasteiger partial charge in [0.1, 0.15) is 0 Å². The van der Waals surface area contributed by atoms with Gasteiger partial charge in [-0.2, -0.15) is 0 Å². The summed E-state index contributed by atoms with van der Waals surface area (Å²) < 4.78 is 52.9. The Morgan fingerprint density at radius 2 is 1.86 bits per heavy atom. The molecule has 2 N–H and O–H groups in total. The highest BCUT2D eigenvalue weighted by Crippen LogP contribution is 2.32. The summed E-state index contributed by atoms with van der Waals surface area (Å²) in [5.74, 6) is -3.94. The molecule has 1 aliphatic rings. The summed E-state index contributed by atoms with van der Waals surface area (Å²) in [7, 11) is -3.78. The van der Waals surface area contributed by atoms with Gasteiger partial charge in [0, 0.05) is 24.9 Å². The van der Waals surface area contributed by atoms with Crippen LogP contribution in [0, 0.1) is 5.92 Å². The van der Waals surface area contributed by atoms with Crippen molar-refractivity contribution >= 4 is 16.0 Å². The lowest BCUT2D eigenvalue weighted by Gasteiger charge is -2.34. The van der Waals surface area contributed by atoms with Gasteiger partial charge in [-0.25, -0.2) is 21.9 Å². The van der Waals surface area contributed by atoms with E-state index in [9.17, 15) is 22.0 Å². The molecule has 122 valence electrons. The summed E-state index contributed by atoms with van der Waals surface area (Å²) in [6.45, 7) is 0.742. The maximum atomic E-state index is 13.1. The molecule has 0 saturated heterocycles. The number of alkyl halides is 2. The first-order valence-electron chi connectivity index (χ1n) is 6.80. The average Bonchev–Trinajstić information content (AvgIpc) is 2.34. The number of carboxylic acid groups (broad SMARTS) is 1. The number of hydrogen-bond acceptors (Lipinski definition) is 3. The van der Waals surface area contributed by atoms with Gasteiger partial charge in [0.15, 0.2) is 0 Å². The van der Waals surface area contributed by atoms with E-state index in [0.717, 1.165) is 31.2 Å². The van der Waals surface area contributed by atoms with Crippen molar-refractivity contribution in [2.24, 2.45) is 5.92 Å². The number of rotatable bonds is 6. The molecule has 0 unspecified atom stereocenters. The smallest absolute Gasteiger partial charge is 0.303 e. The van der Waals surface area contributed by atoms with Gasteiger partial charge in [-0.1, -0.05) is 12.1 Å². The molecule has 0 amide bonds. The molecule has 0 radical (unpaired) electrons. The fourth-order valence-electron chi connectivity index (χ4n) is 2.46. The van der Waals surface area contributed by atoms with E-state index >= 15 is 0 Å². The highest BCUT2D eigenvalue weighted by atomic mass is 32.2. The fraction of sp³-hybridized carbons (Fsp3) is 0.500. The molecule has 0 spiro atoms. The van der Waals surface area contributed by atoms with Gasteiger partial charge >= 0.3 is 5.97 Å². The molecule has 0 aliphatic heterocycles. The lowest BCUT2D eigenvalue weighted by Crippen LogP contribution is -2.44. The van der Waals surface area contributed by atoms with Gasteiger partial charge in [0.25, 0.3) is 5.92 Å². The van der Waals surface area contributed by atoms with Crippen molar-refractivity contribution < 1.29 is 27.1 Å². The predicted molar refractivity (Wildman–Crippen MR) is 75.1 cm³/mol. The van der Waals surface area contributed by atoms with E-state index in [1.165, 1.54) is 0 Å². The first kappa shape index (κ1) is 16.8. The Balaban J connectivity index is 1.98. The number of halogens is 2. The molecule has 1 aromatic carbocycles. The van der Waals surface area contributed by atoms with Crippen molar-refractivity contribution in [3.8, 4) is 0 Å². The summed E-state index contributed by atoms with van der Waals surface area (Å²) in [6, 6.07) is 4.15. The fourth-order valence-corrected chi connectivity index (χ4v) is 3.72. The standard InChI is InChI=1S/C14H17F2NO4S/c1-14(15,16)10-2-4-12(5-3-10)22(20,21)17-11-6-9(7-11)8-13(18)19/h2-5,9,11,17H,6-8H2,1H3,(H,18,19). The molecule has 1 aliphatic carbocycles. The number of carboxylic acids is 1. The predicted octanol–water partition coefficient (Wildman–Crippen LogP) is 2.33. The maximum Gasteiger partial charge on any atom is 0.303 e. The zero-order chi connectivity index (χ0) is 16.5. The molecule has 8 heteroatoms. The summed E-state index contributed by atoms with van der Waals surface area (Å²) in [4.78, 5) is 10.4. The van der Waals surface area contributed by atoms with E-state index in [-0.39, 0.29) is 28.8 Å². The number of sulfonamides is 1. The van der Waals surface area contributed by atoms with Crippen molar-refractivity contribution in [1.29, 1.82) is 0 Å². The molecule has 0 heterocycles. The third-order valence-electron chi connectivity index (χ3n) is 3.69. The van der Waals surface area contributed by atoms with E-state index in [1.807, 2.05) is 0 Å². The molecule has 0 aromatic heterocycles. The van der Waals surface area contributed by atoms with Crippen LogP contribution >= 0.6 is 0 Å². The molecular formula is C14H17F2NO4S. The minimum atomic E-state index is -3.78. The topological polar surface area (TPSA) is 83.5 Å². The number of aliphatic carboxylic acids is 1. The second-order valence-corrected chi connectivity index (χ2v) is 7.38. The zero-order valence-electron chi connectivity index (χ0n) is 11.9. The minimum absolute atomic E-state index is 0.0219. The van der Waals surface area contributed by atoms with Crippen LogP contribution in [-0.2, 0) is 20.7 Å². The Kier molecular flexibility index (Phi) is 4.53. The zero-order valence-corrected chi connectivity index (χ0v) is 12.7. The molecule has 1 saturated carbocycles. The average molecular weight is 333 g/mol. The number of carbonyl (C=O) groups is 1. The second-order valence-electron chi connectivity index (χ2n) is 5.67. The van der Waals surface area contributed by atoms with Gasteiger partial charge < -0.3 is 5.11 Å². The summed E-state index contributed by atoms with van der Waals surface area (Å²) in [6.07, 6.45) is 0.964. The van der Waals surface area contributed by atoms with Gasteiger partial charge in [-0.05, 0) is 30.9 Å². The summed E-state index contributed by atoms with van der Waals surface area (Å²) in [5, 5.41) is 8.64. The van der Waals surface area contributed by atoms with Crippen molar-refractivity contribution in [3.63, 3.8) is 0 Å². The molecule has 0 atom stereocenters. The third-order valence-corrected chi connectivity index (χ3v) is 5.23. The lowest BCUT2D eigenvalue weighted by atomic mass is 9.79. The highest BCUT2D eigenvalue weighted by Gasteiger charge is 2.34. The quantitative estimate of drug-likeness (QED) is 0.837. The van der Waals surface area contributed by atoms with Crippen LogP contribution in [0.15, 0.2) is 29.2 Å². The normalized spacial score (nSPS) is 22.1. The van der Waals surface area contributed by atoms with E-state index in [2.05, 4.69) is 4.72 Å². The van der Waals surface area contributed by atoms with Crippen LogP contribution in [0.4, 0.5) is 8.78 Å². The third kappa shape index (κ3) is 4.01. The Hall–Kier alpha value is -1.54. The van der Waals surface area contributed by atoms with Crippen LogP contribution in [0.2, 0.25) is 0 Å². The Morgan fingerprint density at radius 1 is 1.32 bits per heavy atom. The monoisotopic (exact) mass is 333 g/mol. The van der Waals surface area contributed by atoms with Crippen LogP contribution in [0.1, 0.15) is 31.7 Å². The SMILES string of the molecule is CC(F)(F)c1ccc(S(=O)(=O)NC2CC(CC(=O)O)C2)cc1. The van der Waals surface area contributed by atoms with Gasteiger partial charge in [0.05, 0.1) is 4.90 Å². The van der Waals surface area contributed by atoms with Crippen LogP contribution in [0.3, 0.4) is 0 Å². The van der Waals surface area contributed by atoms with E-state index in [0.29, 0.717) is 12.8 Å². The maximum absolute atomic E-state index is 13.1. The van der Waals surface area contributed by atoms with Gasteiger partial charge in [-0.3, -0.25) is 4.79 Å². The Bertz CT molecular complexity index is 646. The Labute approximate surface area is 127 Å². The van der Waals surface area contributed by atoms with Crippen molar-refractivity contribution in [2.45, 2.75) is 43.0 Å². The second kappa shape index (κ2) is 5.92. The number of benzene rings is 1. The first-order chi connectivity index (χ1) is 10.1. The van der Waals surface area contributed by atoms with Crippen LogP contribution in [0.25, 0.3) is 0 Å².